The van der Waals surface area contributed by atoms with Gasteiger partial charge in [-0.3, -0.25) is 9.69 Å². The summed E-state index contributed by atoms with van der Waals surface area (Å²) in [5.41, 5.74) is 0. The van der Waals surface area contributed by atoms with Gasteiger partial charge in [0, 0.05) is 13.1 Å². The van der Waals surface area contributed by atoms with Crippen molar-refractivity contribution in [3.05, 3.63) is 0 Å². The van der Waals surface area contributed by atoms with Crippen LogP contribution in [0.1, 0.15) is 32.6 Å². The van der Waals surface area contributed by atoms with Crippen LogP contribution in [-0.2, 0) is 4.79 Å². The Bertz CT molecular complexity index is 184. The molecule has 1 heterocycles. The largest absolute Gasteiger partial charge is 0.341 e. The fourth-order valence-corrected chi connectivity index (χ4v) is 1.78. The van der Waals surface area contributed by atoms with Crippen LogP contribution in [0.4, 0.5) is 0 Å². The molecule has 1 fully saturated rings. The molecule has 82 valence electrons. The highest BCUT2D eigenvalue weighted by Crippen LogP contribution is 2.11. The van der Waals surface area contributed by atoms with Gasteiger partial charge < -0.3 is 4.90 Å². The summed E-state index contributed by atoms with van der Waals surface area (Å²) in [6.45, 7) is 3.89. The highest BCUT2D eigenvalue weighted by molar-refractivity contribution is 5.81. The first kappa shape index (κ1) is 11.5. The molecule has 0 aromatic carbocycles. The van der Waals surface area contributed by atoms with Crippen LogP contribution in [0.2, 0.25) is 0 Å². The first-order valence-electron chi connectivity index (χ1n) is 5.58. The maximum atomic E-state index is 12.0. The quantitative estimate of drug-likeness (QED) is 0.668. The maximum Gasteiger partial charge on any atom is 0.239 e. The van der Waals surface area contributed by atoms with E-state index in [0.29, 0.717) is 0 Å². The van der Waals surface area contributed by atoms with Crippen LogP contribution in [-0.4, -0.2) is 48.9 Å². The van der Waals surface area contributed by atoms with E-state index in [9.17, 15) is 4.79 Å². The summed E-state index contributed by atoms with van der Waals surface area (Å²) in [6.07, 6.45) is 4.90. The van der Waals surface area contributed by atoms with Crippen molar-refractivity contribution in [3.63, 3.8) is 0 Å². The molecular formula is C11H22N2O. The minimum absolute atomic E-state index is 0.0214. The lowest BCUT2D eigenvalue weighted by atomic mass is 10.2. The fourth-order valence-electron chi connectivity index (χ4n) is 1.78. The lowest BCUT2D eigenvalue weighted by molar-refractivity contribution is -0.135. The van der Waals surface area contributed by atoms with Gasteiger partial charge in [0.05, 0.1) is 6.04 Å². The fraction of sp³-hybridized carbons (Fsp3) is 0.909. The summed E-state index contributed by atoms with van der Waals surface area (Å²) in [7, 11) is 3.92. The van der Waals surface area contributed by atoms with Gasteiger partial charge in [-0.25, -0.2) is 0 Å². The van der Waals surface area contributed by atoms with Crippen LogP contribution in [0, 0.1) is 0 Å². The number of hydrogen-bond acceptors (Lipinski definition) is 2. The van der Waals surface area contributed by atoms with Crippen LogP contribution in [0.25, 0.3) is 0 Å². The molecule has 1 rings (SSSR count). The predicted molar refractivity (Wildman–Crippen MR) is 58.2 cm³/mol. The number of hydrogen-bond donors (Lipinski definition) is 0. The Hall–Kier alpha value is -0.570. The van der Waals surface area contributed by atoms with Crippen molar-refractivity contribution in [2.45, 2.75) is 38.6 Å². The number of nitrogens with zero attached hydrogens (tertiary/aromatic N) is 2. The third-order valence-electron chi connectivity index (χ3n) is 3.05. The number of rotatable bonds is 2. The second-order valence-electron chi connectivity index (χ2n) is 4.38. The third kappa shape index (κ3) is 2.98. The Labute approximate surface area is 87.1 Å². The summed E-state index contributed by atoms with van der Waals surface area (Å²) in [4.78, 5) is 16.0. The molecule has 1 amide bonds. The van der Waals surface area contributed by atoms with E-state index in [2.05, 4.69) is 0 Å². The molecule has 1 saturated heterocycles. The average Bonchev–Trinajstić information content (AvgIpc) is 2.43. The molecule has 3 nitrogen and oxygen atoms in total. The standard InChI is InChI=1S/C11H22N2O/c1-10(12(2)3)11(14)13-8-6-4-5-7-9-13/h10H,4-9H2,1-3H3. The first-order valence-corrected chi connectivity index (χ1v) is 5.58. The molecule has 0 aliphatic carbocycles. The Kier molecular flexibility index (Phi) is 4.39. The highest BCUT2D eigenvalue weighted by Gasteiger charge is 2.22. The Morgan fingerprint density at radius 2 is 1.64 bits per heavy atom. The second-order valence-corrected chi connectivity index (χ2v) is 4.38. The SMILES string of the molecule is CC(C(=O)N1CCCCCC1)N(C)C. The van der Waals surface area contributed by atoms with Gasteiger partial charge in [0.25, 0.3) is 0 Å². The molecule has 0 saturated carbocycles. The van der Waals surface area contributed by atoms with Crippen molar-refractivity contribution in [3.8, 4) is 0 Å². The van der Waals surface area contributed by atoms with E-state index < -0.39 is 0 Å². The molecule has 1 atom stereocenters. The molecule has 0 aromatic rings. The molecule has 0 radical (unpaired) electrons. The van der Waals surface area contributed by atoms with E-state index in [4.69, 9.17) is 0 Å². The van der Waals surface area contributed by atoms with Crippen LogP contribution >= 0.6 is 0 Å². The third-order valence-corrected chi connectivity index (χ3v) is 3.05. The van der Waals surface area contributed by atoms with E-state index in [1.165, 1.54) is 25.7 Å². The van der Waals surface area contributed by atoms with Crippen molar-refractivity contribution in [2.24, 2.45) is 0 Å². The van der Waals surface area contributed by atoms with Gasteiger partial charge in [-0.1, -0.05) is 12.8 Å². The molecule has 3 heteroatoms. The Morgan fingerprint density at radius 1 is 1.14 bits per heavy atom. The normalized spacial score (nSPS) is 20.7. The van der Waals surface area contributed by atoms with Gasteiger partial charge in [-0.15, -0.1) is 0 Å². The van der Waals surface area contributed by atoms with Gasteiger partial charge in [0.2, 0.25) is 5.91 Å². The number of carbonyl (C=O) groups excluding carboxylic acids is 1. The summed E-state index contributed by atoms with van der Waals surface area (Å²) >= 11 is 0. The zero-order valence-electron chi connectivity index (χ0n) is 9.62. The molecule has 1 unspecified atom stereocenters. The summed E-state index contributed by atoms with van der Waals surface area (Å²) in [5.74, 6) is 0.289. The lowest BCUT2D eigenvalue weighted by Gasteiger charge is -2.27. The molecule has 0 aromatic heterocycles. The lowest BCUT2D eigenvalue weighted by Crippen LogP contribution is -2.44. The zero-order chi connectivity index (χ0) is 10.6. The van der Waals surface area contributed by atoms with Crippen LogP contribution in [0.3, 0.4) is 0 Å². The van der Waals surface area contributed by atoms with Crippen LogP contribution < -0.4 is 0 Å². The van der Waals surface area contributed by atoms with Crippen LogP contribution in [0.5, 0.6) is 0 Å². The van der Waals surface area contributed by atoms with Gasteiger partial charge in [-0.2, -0.15) is 0 Å². The second kappa shape index (κ2) is 5.35. The molecular weight excluding hydrogens is 176 g/mol. The minimum atomic E-state index is 0.0214. The van der Waals surface area contributed by atoms with Crippen molar-refractivity contribution < 1.29 is 4.79 Å². The number of carbonyl (C=O) groups is 1. The number of likely N-dealkylation sites (N-methyl/N-ethyl adjacent to an activating group) is 1. The van der Waals surface area contributed by atoms with Crippen molar-refractivity contribution in [1.82, 2.24) is 9.80 Å². The van der Waals surface area contributed by atoms with Crippen molar-refractivity contribution in [1.29, 1.82) is 0 Å². The van der Waals surface area contributed by atoms with E-state index in [1.807, 2.05) is 30.8 Å². The van der Waals surface area contributed by atoms with Gasteiger partial charge >= 0.3 is 0 Å². The number of amides is 1. The zero-order valence-corrected chi connectivity index (χ0v) is 9.62. The molecule has 1 aliphatic heterocycles. The van der Waals surface area contributed by atoms with Crippen molar-refractivity contribution in [2.75, 3.05) is 27.2 Å². The number of likely N-dealkylation sites (tertiary alicyclic amines) is 1. The van der Waals surface area contributed by atoms with Crippen molar-refractivity contribution >= 4 is 5.91 Å². The smallest absolute Gasteiger partial charge is 0.239 e. The molecule has 0 bridgehead atoms. The monoisotopic (exact) mass is 198 g/mol. The summed E-state index contributed by atoms with van der Waals surface area (Å²) in [5, 5.41) is 0. The highest BCUT2D eigenvalue weighted by atomic mass is 16.2. The van der Waals surface area contributed by atoms with E-state index in [1.54, 1.807) is 0 Å². The molecule has 0 N–H and O–H groups in total. The molecule has 1 aliphatic rings. The van der Waals surface area contributed by atoms with E-state index >= 15 is 0 Å². The van der Waals surface area contributed by atoms with Gasteiger partial charge in [-0.05, 0) is 33.9 Å². The van der Waals surface area contributed by atoms with Crippen LogP contribution in [0.15, 0.2) is 0 Å². The Morgan fingerprint density at radius 3 is 2.07 bits per heavy atom. The van der Waals surface area contributed by atoms with E-state index in [0.717, 1.165) is 13.1 Å². The summed E-state index contributed by atoms with van der Waals surface area (Å²) in [6, 6.07) is 0.0214. The minimum Gasteiger partial charge on any atom is -0.341 e. The maximum absolute atomic E-state index is 12.0. The Balaban J connectivity index is 2.49. The topological polar surface area (TPSA) is 23.6 Å². The summed E-state index contributed by atoms with van der Waals surface area (Å²) < 4.78 is 0. The van der Waals surface area contributed by atoms with Gasteiger partial charge in [0.15, 0.2) is 0 Å². The van der Waals surface area contributed by atoms with Gasteiger partial charge in [0.1, 0.15) is 0 Å². The van der Waals surface area contributed by atoms with E-state index in [-0.39, 0.29) is 11.9 Å². The first-order chi connectivity index (χ1) is 6.63. The average molecular weight is 198 g/mol. The predicted octanol–water partition coefficient (Wildman–Crippen LogP) is 1.34. The molecule has 0 spiro atoms. The molecule has 14 heavy (non-hydrogen) atoms.